The van der Waals surface area contributed by atoms with Gasteiger partial charge in [-0.05, 0) is 51.6 Å². The third-order valence-electron chi connectivity index (χ3n) is 4.03. The second-order valence-corrected chi connectivity index (χ2v) is 6.36. The Labute approximate surface area is 162 Å². The molecule has 130 valence electrons. The Hall–Kier alpha value is -0.530. The Bertz CT molecular complexity index is 484. The van der Waals surface area contributed by atoms with Gasteiger partial charge in [0.15, 0.2) is 5.96 Å². The van der Waals surface area contributed by atoms with Crippen LogP contribution >= 0.6 is 35.6 Å². The summed E-state index contributed by atoms with van der Waals surface area (Å²) < 4.78 is 0. The van der Waals surface area contributed by atoms with Crippen molar-refractivity contribution in [1.29, 1.82) is 0 Å². The molecule has 0 radical (unpaired) electrons. The molecular formula is C17H28ClIN4. The van der Waals surface area contributed by atoms with Gasteiger partial charge in [0.25, 0.3) is 0 Å². The fourth-order valence-electron chi connectivity index (χ4n) is 2.78. The highest BCUT2D eigenvalue weighted by molar-refractivity contribution is 14.0. The van der Waals surface area contributed by atoms with Gasteiger partial charge in [0, 0.05) is 24.7 Å². The van der Waals surface area contributed by atoms with Crippen molar-refractivity contribution < 1.29 is 0 Å². The highest BCUT2D eigenvalue weighted by Crippen LogP contribution is 2.21. The van der Waals surface area contributed by atoms with Crippen LogP contribution in [-0.2, 0) is 0 Å². The second-order valence-electron chi connectivity index (χ2n) is 5.92. The smallest absolute Gasteiger partial charge is 0.193 e. The van der Waals surface area contributed by atoms with E-state index in [9.17, 15) is 0 Å². The number of hydrogen-bond acceptors (Lipinski definition) is 2. The summed E-state index contributed by atoms with van der Waals surface area (Å²) in [4.78, 5) is 9.44. The molecule has 4 nitrogen and oxygen atoms in total. The first-order valence-electron chi connectivity index (χ1n) is 8.07. The van der Waals surface area contributed by atoms with Crippen molar-refractivity contribution >= 4 is 41.5 Å². The van der Waals surface area contributed by atoms with Crippen LogP contribution in [0, 0.1) is 0 Å². The van der Waals surface area contributed by atoms with Crippen molar-refractivity contribution in [2.75, 3.05) is 40.3 Å². The molecule has 0 saturated carbocycles. The zero-order chi connectivity index (χ0) is 15.9. The molecule has 1 fully saturated rings. The van der Waals surface area contributed by atoms with Crippen LogP contribution in [0.25, 0.3) is 0 Å². The molecule has 0 spiro atoms. The number of benzene rings is 1. The molecule has 2 rings (SSSR count). The number of likely N-dealkylation sites (N-methyl/N-ethyl adjacent to an activating group) is 1. The van der Waals surface area contributed by atoms with Gasteiger partial charge in [-0.15, -0.1) is 24.0 Å². The first kappa shape index (κ1) is 20.5. The Morgan fingerprint density at radius 1 is 1.26 bits per heavy atom. The van der Waals surface area contributed by atoms with Crippen LogP contribution in [0.5, 0.6) is 0 Å². The predicted molar refractivity (Wildman–Crippen MR) is 110 cm³/mol. The van der Waals surface area contributed by atoms with E-state index in [0.717, 1.165) is 37.2 Å². The van der Waals surface area contributed by atoms with E-state index in [2.05, 4.69) is 48.3 Å². The lowest BCUT2D eigenvalue weighted by atomic mass is 10.1. The minimum Gasteiger partial charge on any atom is -0.357 e. The fraction of sp³-hybridized carbons (Fsp3) is 0.588. The largest absolute Gasteiger partial charge is 0.357 e. The number of likely N-dealkylation sites (tertiary alicyclic amines) is 1. The minimum absolute atomic E-state index is 0. The van der Waals surface area contributed by atoms with Gasteiger partial charge < -0.3 is 15.1 Å². The molecule has 1 aliphatic rings. The molecule has 6 heteroatoms. The number of halogens is 2. The summed E-state index contributed by atoms with van der Waals surface area (Å²) in [5, 5.41) is 4.19. The molecule has 1 aliphatic heterocycles. The zero-order valence-electron chi connectivity index (χ0n) is 14.3. The van der Waals surface area contributed by atoms with Crippen LogP contribution in [0.3, 0.4) is 0 Å². The van der Waals surface area contributed by atoms with Gasteiger partial charge in [-0.3, -0.25) is 4.99 Å². The van der Waals surface area contributed by atoms with Gasteiger partial charge in [-0.25, -0.2) is 0 Å². The summed E-state index contributed by atoms with van der Waals surface area (Å²) >= 11 is 5.99. The third kappa shape index (κ3) is 6.12. The van der Waals surface area contributed by atoms with Crippen molar-refractivity contribution in [1.82, 2.24) is 15.1 Å². The molecule has 0 amide bonds. The van der Waals surface area contributed by atoms with Crippen molar-refractivity contribution in [3.63, 3.8) is 0 Å². The number of guanidine groups is 1. The van der Waals surface area contributed by atoms with Gasteiger partial charge >= 0.3 is 0 Å². The standard InChI is InChI=1S/C17H27ClN4.HI/c1-4-19-17(22-11-5-6-12-22)20-13-16(21(2)3)14-7-9-15(18)10-8-14;/h7-10,16H,4-6,11-13H2,1-3H3,(H,19,20);1H. The maximum Gasteiger partial charge on any atom is 0.193 e. The molecule has 1 aromatic rings. The molecule has 0 aliphatic carbocycles. The molecule has 1 unspecified atom stereocenters. The number of hydrogen-bond donors (Lipinski definition) is 1. The van der Waals surface area contributed by atoms with Gasteiger partial charge in [-0.1, -0.05) is 23.7 Å². The molecule has 0 aromatic heterocycles. The summed E-state index contributed by atoms with van der Waals surface area (Å²) in [7, 11) is 4.19. The van der Waals surface area contributed by atoms with Crippen LogP contribution in [-0.4, -0.2) is 56.0 Å². The van der Waals surface area contributed by atoms with E-state index in [4.69, 9.17) is 16.6 Å². The SMILES string of the molecule is CCNC(=NCC(c1ccc(Cl)cc1)N(C)C)N1CCCC1.I. The lowest BCUT2D eigenvalue weighted by molar-refractivity contribution is 0.305. The van der Waals surface area contributed by atoms with E-state index in [1.165, 1.54) is 18.4 Å². The van der Waals surface area contributed by atoms with Crippen LogP contribution in [0.2, 0.25) is 5.02 Å². The van der Waals surface area contributed by atoms with Crippen LogP contribution in [0.1, 0.15) is 31.4 Å². The summed E-state index contributed by atoms with van der Waals surface area (Å²) in [6.45, 7) is 5.99. The average Bonchev–Trinajstić information content (AvgIpc) is 3.02. The van der Waals surface area contributed by atoms with Gasteiger partial charge in [0.1, 0.15) is 0 Å². The molecule has 0 bridgehead atoms. The monoisotopic (exact) mass is 450 g/mol. The maximum atomic E-state index is 5.99. The number of rotatable bonds is 5. The lowest BCUT2D eigenvalue weighted by Crippen LogP contribution is -2.40. The Kier molecular flexibility index (Phi) is 9.24. The van der Waals surface area contributed by atoms with E-state index in [0.29, 0.717) is 0 Å². The number of nitrogens with zero attached hydrogens (tertiary/aromatic N) is 3. The third-order valence-corrected chi connectivity index (χ3v) is 4.28. The minimum atomic E-state index is 0. The Morgan fingerprint density at radius 2 is 1.87 bits per heavy atom. The molecule has 1 N–H and O–H groups in total. The van der Waals surface area contributed by atoms with Crippen molar-refractivity contribution in [3.8, 4) is 0 Å². The molecule has 23 heavy (non-hydrogen) atoms. The van der Waals surface area contributed by atoms with Crippen molar-refractivity contribution in [2.24, 2.45) is 4.99 Å². The molecule has 1 aromatic carbocycles. The quantitative estimate of drug-likeness (QED) is 0.422. The summed E-state index contributed by atoms with van der Waals surface area (Å²) in [6, 6.07) is 8.33. The highest BCUT2D eigenvalue weighted by Gasteiger charge is 2.18. The fourth-order valence-corrected chi connectivity index (χ4v) is 2.91. The molecule has 1 atom stereocenters. The van der Waals surface area contributed by atoms with Gasteiger partial charge in [0.2, 0.25) is 0 Å². The van der Waals surface area contributed by atoms with E-state index in [1.807, 2.05) is 12.1 Å². The highest BCUT2D eigenvalue weighted by atomic mass is 127. The second kappa shape index (κ2) is 10.4. The van der Waals surface area contributed by atoms with E-state index < -0.39 is 0 Å². The van der Waals surface area contributed by atoms with Crippen LogP contribution in [0.4, 0.5) is 0 Å². The van der Waals surface area contributed by atoms with Gasteiger partial charge in [0.05, 0.1) is 12.6 Å². The molecular weight excluding hydrogens is 423 g/mol. The normalized spacial score (nSPS) is 16.4. The van der Waals surface area contributed by atoms with E-state index >= 15 is 0 Å². The zero-order valence-corrected chi connectivity index (χ0v) is 17.3. The first-order valence-corrected chi connectivity index (χ1v) is 8.44. The van der Waals surface area contributed by atoms with E-state index in [-0.39, 0.29) is 30.0 Å². The Balaban J connectivity index is 0.00000264. The molecule has 1 heterocycles. The molecule has 1 saturated heterocycles. The van der Waals surface area contributed by atoms with E-state index in [1.54, 1.807) is 0 Å². The van der Waals surface area contributed by atoms with Gasteiger partial charge in [-0.2, -0.15) is 0 Å². The number of aliphatic imine (C=N–C) groups is 1. The number of nitrogens with one attached hydrogen (secondary N) is 1. The first-order chi connectivity index (χ1) is 10.6. The maximum absolute atomic E-state index is 5.99. The topological polar surface area (TPSA) is 30.9 Å². The van der Waals surface area contributed by atoms with Crippen LogP contribution in [0.15, 0.2) is 29.3 Å². The summed E-state index contributed by atoms with van der Waals surface area (Å²) in [5.74, 6) is 1.04. The van der Waals surface area contributed by atoms with Crippen molar-refractivity contribution in [2.45, 2.75) is 25.8 Å². The lowest BCUT2D eigenvalue weighted by Gasteiger charge is -2.25. The summed E-state index contributed by atoms with van der Waals surface area (Å²) in [5.41, 5.74) is 1.25. The Morgan fingerprint density at radius 3 is 2.39 bits per heavy atom. The van der Waals surface area contributed by atoms with Crippen LogP contribution < -0.4 is 5.32 Å². The predicted octanol–water partition coefficient (Wildman–Crippen LogP) is 3.62. The average molecular weight is 451 g/mol. The van der Waals surface area contributed by atoms with Crippen molar-refractivity contribution in [3.05, 3.63) is 34.9 Å². The summed E-state index contributed by atoms with van der Waals surface area (Å²) in [6.07, 6.45) is 2.53.